The Labute approximate surface area is 401 Å². The molecule has 0 aromatic rings. The van der Waals surface area contributed by atoms with Crippen molar-refractivity contribution >= 4 is 23.6 Å². The zero-order valence-corrected chi connectivity index (χ0v) is 38.7. The van der Waals surface area contributed by atoms with Gasteiger partial charge in [0, 0.05) is 38.9 Å². The first-order chi connectivity index (χ1) is 33.2. The zero-order valence-electron chi connectivity index (χ0n) is 38.7. The van der Waals surface area contributed by atoms with E-state index in [2.05, 4.69) is 21.3 Å². The van der Waals surface area contributed by atoms with E-state index in [1.54, 1.807) is 6.92 Å². The highest BCUT2D eigenvalue weighted by Gasteiger charge is 2.52. The summed E-state index contributed by atoms with van der Waals surface area (Å²) in [5.74, 6) is -2.09. The van der Waals surface area contributed by atoms with Gasteiger partial charge >= 0.3 is 0 Å². The van der Waals surface area contributed by atoms with Crippen LogP contribution < -0.4 is 21.3 Å². The number of carbonyl (C=O) groups is 4. The lowest BCUT2D eigenvalue weighted by Crippen LogP contribution is -2.65. The second kappa shape index (κ2) is 29.1. The van der Waals surface area contributed by atoms with Crippen molar-refractivity contribution < 1.29 is 123 Å². The van der Waals surface area contributed by atoms with Gasteiger partial charge in [0.05, 0.1) is 39.1 Å². The first kappa shape index (κ1) is 59.6. The van der Waals surface area contributed by atoms with Crippen molar-refractivity contribution in [3.05, 3.63) is 0 Å². The second-order valence-corrected chi connectivity index (χ2v) is 17.2. The molecule has 17 N–H and O–H groups in total. The minimum absolute atomic E-state index is 0.0638. The van der Waals surface area contributed by atoms with Crippen LogP contribution in [0.15, 0.2) is 0 Å². The van der Waals surface area contributed by atoms with Gasteiger partial charge in [0.25, 0.3) is 0 Å². The Bertz CT molecular complexity index is 1610. The molecular weight excluding hydrogens is 948 g/mol. The first-order valence-electron chi connectivity index (χ1n) is 23.2. The molecule has 406 valence electrons. The van der Waals surface area contributed by atoms with E-state index in [0.717, 1.165) is 0 Å². The van der Waals surface area contributed by atoms with Crippen molar-refractivity contribution in [2.24, 2.45) is 0 Å². The van der Waals surface area contributed by atoms with Crippen LogP contribution in [0.2, 0.25) is 0 Å². The maximum Gasteiger partial charge on any atom is 0.242 e. The standard InChI is InChI=1S/C41H72N4O25/c1-3-42-22(48)6-4-5-7-24(50)45-18(8-9-23(49)43-10-12-63-38-32(58)29(55)25(51)17(2)66-38)37(62)44-11-13-64-40-35(61)36(70-41-34(60)31(57)27(53)20(15-47)68-41)28(54)21(69-40)16-65-39-33(59)30(56)26(52)19(14-46)67-39/h17-21,25-36,38-41,46-47,51-61H,3-16H2,1-2H3,(H,42,48)(H,43,49)(H,44,62)(H,45,50)/t17-,18-,19+,20+,21+,25+,26+,27+,28+,29+,30-,31-,32-,33-,34-,35-,36-,38+,39-,40-,41+/m0/s1. The minimum Gasteiger partial charge on any atom is -0.394 e. The van der Waals surface area contributed by atoms with E-state index in [1.807, 2.05) is 0 Å². The molecule has 0 radical (unpaired) electrons. The summed E-state index contributed by atoms with van der Waals surface area (Å²) in [5, 5.41) is 144. The first-order valence-corrected chi connectivity index (χ1v) is 23.2. The number of aliphatic hydroxyl groups excluding tert-OH is 13. The van der Waals surface area contributed by atoms with Gasteiger partial charge in [0.1, 0.15) is 97.6 Å². The van der Waals surface area contributed by atoms with Crippen molar-refractivity contribution in [2.75, 3.05) is 52.7 Å². The molecule has 0 unspecified atom stereocenters. The Kier molecular flexibility index (Phi) is 24.7. The van der Waals surface area contributed by atoms with Crippen molar-refractivity contribution in [1.82, 2.24) is 21.3 Å². The van der Waals surface area contributed by atoms with E-state index in [9.17, 15) is 85.6 Å². The van der Waals surface area contributed by atoms with Crippen molar-refractivity contribution in [3.8, 4) is 0 Å². The molecule has 4 amide bonds. The van der Waals surface area contributed by atoms with Gasteiger partial charge < -0.3 is 126 Å². The van der Waals surface area contributed by atoms with Gasteiger partial charge in [0.2, 0.25) is 23.6 Å². The van der Waals surface area contributed by atoms with Gasteiger partial charge in [-0.3, -0.25) is 19.2 Å². The maximum atomic E-state index is 13.5. The summed E-state index contributed by atoms with van der Waals surface area (Å²) >= 11 is 0. The smallest absolute Gasteiger partial charge is 0.242 e. The normalized spacial score (nSPS) is 38.3. The monoisotopic (exact) mass is 1020 g/mol. The highest BCUT2D eigenvalue weighted by Crippen LogP contribution is 2.31. The topological polar surface area (TPSA) is 453 Å². The van der Waals surface area contributed by atoms with Crippen LogP contribution in [0.25, 0.3) is 0 Å². The molecule has 0 bridgehead atoms. The number of amides is 4. The lowest BCUT2D eigenvalue weighted by atomic mass is 9.96. The van der Waals surface area contributed by atoms with Crippen LogP contribution >= 0.6 is 0 Å². The van der Waals surface area contributed by atoms with E-state index < -0.39 is 173 Å². The molecule has 0 aromatic carbocycles. The highest BCUT2D eigenvalue weighted by molar-refractivity contribution is 5.88. The summed E-state index contributed by atoms with van der Waals surface area (Å²) in [6.07, 6.45) is -32.8. The molecule has 0 aromatic heterocycles. The number of carbonyl (C=O) groups excluding carboxylic acids is 4. The summed E-state index contributed by atoms with van der Waals surface area (Å²) in [4.78, 5) is 51.1. The molecule has 29 nitrogen and oxygen atoms in total. The van der Waals surface area contributed by atoms with Gasteiger partial charge in [-0.2, -0.15) is 0 Å². The summed E-state index contributed by atoms with van der Waals surface area (Å²) in [7, 11) is 0. The highest BCUT2D eigenvalue weighted by atomic mass is 16.8. The van der Waals surface area contributed by atoms with E-state index in [-0.39, 0.29) is 51.3 Å². The van der Waals surface area contributed by atoms with Crippen LogP contribution in [-0.4, -0.2) is 272 Å². The average molecular weight is 1020 g/mol. The Morgan fingerprint density at radius 2 is 1.00 bits per heavy atom. The Balaban J connectivity index is 1.38. The second-order valence-electron chi connectivity index (χ2n) is 17.2. The number of ether oxygens (including phenoxy) is 8. The van der Waals surface area contributed by atoms with Crippen molar-refractivity contribution in [3.63, 3.8) is 0 Å². The number of unbranched alkanes of at least 4 members (excludes halogenated alkanes) is 1. The molecule has 21 atom stereocenters. The fourth-order valence-corrected chi connectivity index (χ4v) is 7.81. The summed E-state index contributed by atoms with van der Waals surface area (Å²) < 4.78 is 44.2. The zero-order chi connectivity index (χ0) is 51.8. The summed E-state index contributed by atoms with van der Waals surface area (Å²) in [6.45, 7) is 0.274. The molecule has 4 heterocycles. The van der Waals surface area contributed by atoms with Crippen LogP contribution in [0.3, 0.4) is 0 Å². The number of hydrogen-bond donors (Lipinski definition) is 17. The molecule has 0 aliphatic carbocycles. The number of rotatable bonds is 26. The molecule has 29 heteroatoms. The van der Waals surface area contributed by atoms with Crippen LogP contribution in [0.1, 0.15) is 52.4 Å². The lowest BCUT2D eigenvalue weighted by molar-refractivity contribution is -0.366. The average Bonchev–Trinajstić information content (AvgIpc) is 3.33. The molecular formula is C41H72N4O25. The largest absolute Gasteiger partial charge is 0.394 e. The van der Waals surface area contributed by atoms with Gasteiger partial charge in [0.15, 0.2) is 25.2 Å². The number of nitrogens with one attached hydrogen (secondary N) is 4. The van der Waals surface area contributed by atoms with Gasteiger partial charge in [-0.05, 0) is 33.1 Å². The van der Waals surface area contributed by atoms with E-state index in [1.165, 1.54) is 6.92 Å². The van der Waals surface area contributed by atoms with Gasteiger partial charge in [-0.1, -0.05) is 0 Å². The summed E-state index contributed by atoms with van der Waals surface area (Å²) in [5.41, 5.74) is 0. The van der Waals surface area contributed by atoms with E-state index in [4.69, 9.17) is 37.9 Å². The molecule has 4 aliphatic rings. The van der Waals surface area contributed by atoms with Crippen molar-refractivity contribution in [1.29, 1.82) is 0 Å². The van der Waals surface area contributed by atoms with E-state index >= 15 is 0 Å². The van der Waals surface area contributed by atoms with Gasteiger partial charge in [-0.25, -0.2) is 0 Å². The Hall–Kier alpha value is -2.96. The molecule has 4 aliphatic heterocycles. The molecule has 4 saturated heterocycles. The molecule has 4 rings (SSSR count). The lowest BCUT2D eigenvalue weighted by Gasteiger charge is -2.46. The third-order valence-electron chi connectivity index (χ3n) is 12.0. The molecule has 0 saturated carbocycles. The molecule has 0 spiro atoms. The number of aliphatic hydroxyl groups is 13. The van der Waals surface area contributed by atoms with Crippen LogP contribution in [0, 0.1) is 0 Å². The third kappa shape index (κ3) is 16.5. The van der Waals surface area contributed by atoms with Crippen LogP contribution in [-0.2, 0) is 57.1 Å². The van der Waals surface area contributed by atoms with E-state index in [0.29, 0.717) is 19.4 Å². The van der Waals surface area contributed by atoms with Gasteiger partial charge in [-0.15, -0.1) is 0 Å². The quantitative estimate of drug-likeness (QED) is 0.0358. The molecule has 4 fully saturated rings. The maximum absolute atomic E-state index is 13.5. The predicted octanol–water partition coefficient (Wildman–Crippen LogP) is -9.51. The summed E-state index contributed by atoms with van der Waals surface area (Å²) in [6, 6.07) is -1.29. The molecule has 70 heavy (non-hydrogen) atoms. The fourth-order valence-electron chi connectivity index (χ4n) is 7.81. The fraction of sp³-hybridized carbons (Fsp3) is 0.902. The predicted molar refractivity (Wildman–Crippen MR) is 228 cm³/mol. The number of hydrogen-bond acceptors (Lipinski definition) is 25. The van der Waals surface area contributed by atoms with Crippen molar-refractivity contribution in [2.45, 2.75) is 181 Å². The SMILES string of the molecule is CCNC(=O)CCCCC(=O)N[C@@H](CCC(=O)NCCO[C@@H]1O[C@@H](C)[C@@H](O)[C@@H](O)[C@@H]1O)C(=O)NCCO[C@H]1O[C@H](CO[C@H]2O[C@H](CO)[C@@H](O)[C@H](O)[C@@H]2O)[C@@H](O)[C@H](O[C@H]2O[C@H](CO)[C@@H](O)[C@H](O)[C@@H]2O)[C@@H]1O. The van der Waals surface area contributed by atoms with Crippen LogP contribution in [0.4, 0.5) is 0 Å². The Morgan fingerprint density at radius 1 is 0.514 bits per heavy atom. The minimum atomic E-state index is -1.98. The Morgan fingerprint density at radius 3 is 1.59 bits per heavy atom. The third-order valence-corrected chi connectivity index (χ3v) is 12.0. The van der Waals surface area contributed by atoms with Crippen LogP contribution in [0.5, 0.6) is 0 Å².